The van der Waals surface area contributed by atoms with E-state index in [9.17, 15) is 9.18 Å². The van der Waals surface area contributed by atoms with Crippen LogP contribution >= 0.6 is 0 Å². The minimum absolute atomic E-state index is 0.0691. The number of carbonyl (C=O) groups excluding carboxylic acids is 1. The Balaban J connectivity index is 1.39. The van der Waals surface area contributed by atoms with Crippen molar-refractivity contribution in [3.63, 3.8) is 0 Å². The van der Waals surface area contributed by atoms with Crippen molar-refractivity contribution in [3.05, 3.63) is 66.1 Å². The summed E-state index contributed by atoms with van der Waals surface area (Å²) in [7, 11) is 0. The smallest absolute Gasteiger partial charge is 0.253 e. The van der Waals surface area contributed by atoms with Crippen molar-refractivity contribution in [1.82, 2.24) is 9.88 Å². The predicted octanol–water partition coefficient (Wildman–Crippen LogP) is 4.24. The zero-order chi connectivity index (χ0) is 17.9. The van der Waals surface area contributed by atoms with Crippen LogP contribution in [0.5, 0.6) is 5.75 Å². The fraction of sp³-hybridized carbons (Fsp3) is 0.286. The highest BCUT2D eigenvalue weighted by Gasteiger charge is 2.25. The number of piperidine rings is 1. The first-order valence-corrected chi connectivity index (χ1v) is 8.94. The highest BCUT2D eigenvalue weighted by molar-refractivity contribution is 5.98. The fourth-order valence-corrected chi connectivity index (χ4v) is 3.50. The molecule has 26 heavy (non-hydrogen) atoms. The van der Waals surface area contributed by atoms with Crippen LogP contribution in [-0.4, -0.2) is 35.5 Å². The van der Waals surface area contributed by atoms with Crippen LogP contribution in [0.25, 0.3) is 10.9 Å². The van der Waals surface area contributed by atoms with Crippen LogP contribution in [0.4, 0.5) is 4.39 Å². The maximum absolute atomic E-state index is 13.0. The fourth-order valence-electron chi connectivity index (χ4n) is 3.50. The van der Waals surface area contributed by atoms with Crippen molar-refractivity contribution in [1.29, 1.82) is 0 Å². The molecular weight excluding hydrogens is 331 g/mol. The SMILES string of the molecule is O=C(c1ccc2[nH]ccc2c1)N1CCC[C@H](COc2ccc(F)cc2)C1. The lowest BCUT2D eigenvalue weighted by molar-refractivity contribution is 0.0633. The van der Waals surface area contributed by atoms with Crippen molar-refractivity contribution in [3.8, 4) is 5.75 Å². The van der Waals surface area contributed by atoms with Gasteiger partial charge in [-0.1, -0.05) is 0 Å². The Labute approximate surface area is 151 Å². The van der Waals surface area contributed by atoms with Crippen molar-refractivity contribution >= 4 is 16.8 Å². The first kappa shape index (κ1) is 16.6. The number of amides is 1. The molecule has 0 radical (unpaired) electrons. The summed E-state index contributed by atoms with van der Waals surface area (Å²) < 4.78 is 18.7. The van der Waals surface area contributed by atoms with Crippen LogP contribution in [-0.2, 0) is 0 Å². The molecule has 0 bridgehead atoms. The summed E-state index contributed by atoms with van der Waals surface area (Å²) >= 11 is 0. The summed E-state index contributed by atoms with van der Waals surface area (Å²) in [6.45, 7) is 1.99. The van der Waals surface area contributed by atoms with Crippen LogP contribution in [0.3, 0.4) is 0 Å². The monoisotopic (exact) mass is 352 g/mol. The summed E-state index contributed by atoms with van der Waals surface area (Å²) in [6, 6.07) is 13.8. The van der Waals surface area contributed by atoms with Crippen LogP contribution in [0.2, 0.25) is 0 Å². The Kier molecular flexibility index (Phi) is 4.61. The molecule has 1 atom stereocenters. The largest absolute Gasteiger partial charge is 0.493 e. The second-order valence-electron chi connectivity index (χ2n) is 6.80. The van der Waals surface area contributed by atoms with E-state index in [2.05, 4.69) is 4.98 Å². The second-order valence-corrected chi connectivity index (χ2v) is 6.80. The van der Waals surface area contributed by atoms with Gasteiger partial charge in [-0.25, -0.2) is 4.39 Å². The Morgan fingerprint density at radius 1 is 1.19 bits per heavy atom. The van der Waals surface area contributed by atoms with E-state index in [1.807, 2.05) is 35.4 Å². The number of ether oxygens (including phenoxy) is 1. The summed E-state index contributed by atoms with van der Waals surface area (Å²) in [6.07, 6.45) is 3.88. The Morgan fingerprint density at radius 3 is 2.88 bits per heavy atom. The van der Waals surface area contributed by atoms with E-state index in [-0.39, 0.29) is 17.6 Å². The molecule has 1 aliphatic rings. The van der Waals surface area contributed by atoms with E-state index in [1.165, 1.54) is 12.1 Å². The van der Waals surface area contributed by atoms with Crippen LogP contribution in [0.1, 0.15) is 23.2 Å². The number of benzene rings is 2. The first-order valence-electron chi connectivity index (χ1n) is 8.94. The molecule has 2 aromatic carbocycles. The maximum Gasteiger partial charge on any atom is 0.253 e. The number of H-pyrrole nitrogens is 1. The van der Waals surface area contributed by atoms with Gasteiger partial charge in [0.2, 0.25) is 0 Å². The first-order chi connectivity index (χ1) is 12.7. The van der Waals surface area contributed by atoms with E-state index in [1.54, 1.807) is 12.1 Å². The zero-order valence-corrected chi connectivity index (χ0v) is 14.5. The van der Waals surface area contributed by atoms with E-state index in [0.717, 1.165) is 35.9 Å². The van der Waals surface area contributed by atoms with Gasteiger partial charge in [0, 0.05) is 41.7 Å². The molecule has 1 saturated heterocycles. The van der Waals surface area contributed by atoms with Gasteiger partial charge in [-0.3, -0.25) is 4.79 Å². The number of rotatable bonds is 4. The zero-order valence-electron chi connectivity index (χ0n) is 14.5. The van der Waals surface area contributed by atoms with Crippen molar-refractivity contribution < 1.29 is 13.9 Å². The minimum atomic E-state index is -0.272. The Bertz CT molecular complexity index is 904. The van der Waals surface area contributed by atoms with E-state index in [0.29, 0.717) is 18.9 Å². The molecule has 1 N–H and O–H groups in total. The molecule has 1 amide bonds. The molecule has 0 unspecified atom stereocenters. The van der Waals surface area contributed by atoms with Gasteiger partial charge < -0.3 is 14.6 Å². The van der Waals surface area contributed by atoms with Crippen LogP contribution in [0, 0.1) is 11.7 Å². The molecular formula is C21H21FN2O2. The van der Waals surface area contributed by atoms with Crippen LogP contribution < -0.4 is 4.74 Å². The number of aromatic nitrogens is 1. The van der Waals surface area contributed by atoms with Gasteiger partial charge in [0.1, 0.15) is 11.6 Å². The van der Waals surface area contributed by atoms with E-state index in [4.69, 9.17) is 4.74 Å². The second kappa shape index (κ2) is 7.20. The molecule has 0 saturated carbocycles. The molecule has 1 aliphatic heterocycles. The van der Waals surface area contributed by atoms with E-state index < -0.39 is 0 Å². The number of hydrogen-bond donors (Lipinski definition) is 1. The lowest BCUT2D eigenvalue weighted by Gasteiger charge is -2.32. The predicted molar refractivity (Wildman–Crippen MR) is 98.8 cm³/mol. The number of halogens is 1. The third-order valence-electron chi connectivity index (χ3n) is 4.91. The van der Waals surface area contributed by atoms with Crippen molar-refractivity contribution in [2.24, 2.45) is 5.92 Å². The topological polar surface area (TPSA) is 45.3 Å². The number of hydrogen-bond acceptors (Lipinski definition) is 2. The molecule has 134 valence electrons. The number of likely N-dealkylation sites (tertiary alicyclic amines) is 1. The molecule has 1 aromatic heterocycles. The molecule has 5 heteroatoms. The van der Waals surface area contributed by atoms with Gasteiger partial charge in [-0.05, 0) is 61.4 Å². The molecule has 4 nitrogen and oxygen atoms in total. The van der Waals surface area contributed by atoms with Crippen LogP contribution in [0.15, 0.2) is 54.7 Å². The summed E-state index contributed by atoms with van der Waals surface area (Å²) in [5, 5.41) is 1.05. The third-order valence-corrected chi connectivity index (χ3v) is 4.91. The van der Waals surface area contributed by atoms with Gasteiger partial charge in [0.05, 0.1) is 6.61 Å². The average molecular weight is 352 g/mol. The molecule has 4 rings (SSSR count). The molecule has 0 spiro atoms. The van der Waals surface area contributed by atoms with Gasteiger partial charge >= 0.3 is 0 Å². The van der Waals surface area contributed by atoms with Crippen molar-refractivity contribution in [2.75, 3.05) is 19.7 Å². The number of nitrogens with zero attached hydrogens (tertiary/aromatic N) is 1. The number of nitrogens with one attached hydrogen (secondary N) is 1. The van der Waals surface area contributed by atoms with E-state index >= 15 is 0 Å². The summed E-state index contributed by atoms with van der Waals surface area (Å²) in [4.78, 5) is 17.9. The molecule has 3 aromatic rings. The highest BCUT2D eigenvalue weighted by Crippen LogP contribution is 2.22. The highest BCUT2D eigenvalue weighted by atomic mass is 19.1. The van der Waals surface area contributed by atoms with Gasteiger partial charge in [-0.15, -0.1) is 0 Å². The lowest BCUT2D eigenvalue weighted by atomic mass is 9.98. The lowest BCUT2D eigenvalue weighted by Crippen LogP contribution is -2.41. The minimum Gasteiger partial charge on any atom is -0.493 e. The number of fused-ring (bicyclic) bond motifs is 1. The third kappa shape index (κ3) is 3.57. The summed E-state index contributed by atoms with van der Waals surface area (Å²) in [5.41, 5.74) is 1.75. The standard InChI is InChI=1S/C21H21FN2O2/c22-18-4-6-19(7-5-18)26-14-15-2-1-11-24(13-15)21(25)17-3-8-20-16(12-17)9-10-23-20/h3-10,12,15,23H,1-2,11,13-14H2/t15-/m0/s1. The average Bonchev–Trinajstić information content (AvgIpc) is 3.15. The molecule has 1 fully saturated rings. The van der Waals surface area contributed by atoms with Gasteiger partial charge in [-0.2, -0.15) is 0 Å². The number of carbonyl (C=O) groups is 1. The Hall–Kier alpha value is -2.82. The molecule has 2 heterocycles. The van der Waals surface area contributed by atoms with Gasteiger partial charge in [0.25, 0.3) is 5.91 Å². The molecule has 0 aliphatic carbocycles. The summed E-state index contributed by atoms with van der Waals surface area (Å²) in [5.74, 6) is 0.743. The quantitative estimate of drug-likeness (QED) is 0.763. The van der Waals surface area contributed by atoms with Gasteiger partial charge in [0.15, 0.2) is 0 Å². The number of aromatic amines is 1. The maximum atomic E-state index is 13.0. The van der Waals surface area contributed by atoms with Crippen molar-refractivity contribution in [2.45, 2.75) is 12.8 Å². The Morgan fingerprint density at radius 2 is 2.04 bits per heavy atom. The normalized spacial score (nSPS) is 17.4.